The van der Waals surface area contributed by atoms with Crippen LogP contribution < -0.4 is 10.2 Å². The highest BCUT2D eigenvalue weighted by Gasteiger charge is 2.08. The Hall–Kier alpha value is -4.33. The van der Waals surface area contributed by atoms with Gasteiger partial charge in [-0.15, -0.1) is 5.10 Å². The van der Waals surface area contributed by atoms with E-state index in [9.17, 15) is 4.79 Å². The number of ether oxygens (including phenoxy) is 1. The molecule has 0 saturated heterocycles. The van der Waals surface area contributed by atoms with Crippen molar-refractivity contribution >= 4 is 11.6 Å². The predicted octanol–water partition coefficient (Wildman–Crippen LogP) is 4.01. The van der Waals surface area contributed by atoms with E-state index >= 15 is 0 Å². The van der Waals surface area contributed by atoms with E-state index in [1.807, 2.05) is 61.5 Å². The summed E-state index contributed by atoms with van der Waals surface area (Å²) in [6, 6.07) is 20.9. The molecular formula is C25H24N6O2. The third-order valence-corrected chi connectivity index (χ3v) is 5.28. The Labute approximate surface area is 191 Å². The van der Waals surface area contributed by atoms with Crippen LogP contribution in [0.3, 0.4) is 0 Å². The molecular weight excluding hydrogens is 416 g/mol. The molecule has 33 heavy (non-hydrogen) atoms. The summed E-state index contributed by atoms with van der Waals surface area (Å²) < 4.78 is 7.44. The molecule has 0 saturated carbocycles. The molecule has 0 aliphatic heterocycles. The van der Waals surface area contributed by atoms with Crippen LogP contribution in [-0.2, 0) is 6.61 Å². The first-order valence-electron chi connectivity index (χ1n) is 10.5. The zero-order chi connectivity index (χ0) is 23.2. The number of rotatable bonds is 7. The minimum atomic E-state index is -0.293. The summed E-state index contributed by atoms with van der Waals surface area (Å²) in [6.07, 6.45) is 1.52. The number of aryl methyl sites for hydroxylation is 2. The summed E-state index contributed by atoms with van der Waals surface area (Å²) in [5.41, 5.74) is 8.74. The van der Waals surface area contributed by atoms with Crippen molar-refractivity contribution in [2.24, 2.45) is 5.10 Å². The van der Waals surface area contributed by atoms with Crippen molar-refractivity contribution in [2.75, 3.05) is 0 Å². The standard InChI is InChI=1S/C25H24N6O2/c1-17-10-11-24(12-18(17)2)33-15-20-6-4-8-22(13-20)25(32)28-27-19(3)21-7-5-9-23(14-21)31-16-26-29-30-31/h4-14,16H,15H2,1-3H3,(H,28,32)/b27-19-. The molecule has 1 aromatic heterocycles. The van der Waals surface area contributed by atoms with Crippen molar-refractivity contribution in [2.45, 2.75) is 27.4 Å². The lowest BCUT2D eigenvalue weighted by Gasteiger charge is -2.09. The smallest absolute Gasteiger partial charge is 0.271 e. The minimum absolute atomic E-state index is 0.293. The van der Waals surface area contributed by atoms with Gasteiger partial charge in [0.1, 0.15) is 18.7 Å². The van der Waals surface area contributed by atoms with Gasteiger partial charge in [0, 0.05) is 5.56 Å². The van der Waals surface area contributed by atoms with Crippen LogP contribution in [0.4, 0.5) is 0 Å². The van der Waals surface area contributed by atoms with Crippen LogP contribution >= 0.6 is 0 Å². The molecule has 1 N–H and O–H groups in total. The maximum Gasteiger partial charge on any atom is 0.271 e. The van der Waals surface area contributed by atoms with Crippen molar-refractivity contribution < 1.29 is 9.53 Å². The number of aromatic nitrogens is 4. The molecule has 166 valence electrons. The van der Waals surface area contributed by atoms with Gasteiger partial charge in [-0.3, -0.25) is 4.79 Å². The number of hydrogen-bond donors (Lipinski definition) is 1. The molecule has 8 heteroatoms. The molecule has 3 aromatic carbocycles. The first kappa shape index (κ1) is 21.9. The zero-order valence-corrected chi connectivity index (χ0v) is 18.7. The summed E-state index contributed by atoms with van der Waals surface area (Å²) in [5, 5.41) is 15.4. The minimum Gasteiger partial charge on any atom is -0.489 e. The summed E-state index contributed by atoms with van der Waals surface area (Å²) in [6.45, 7) is 6.32. The van der Waals surface area contributed by atoms with Gasteiger partial charge >= 0.3 is 0 Å². The van der Waals surface area contributed by atoms with Gasteiger partial charge in [0.05, 0.1) is 11.4 Å². The molecule has 1 amide bonds. The first-order chi connectivity index (χ1) is 16.0. The third-order valence-electron chi connectivity index (χ3n) is 5.28. The molecule has 0 radical (unpaired) electrons. The topological polar surface area (TPSA) is 94.3 Å². The van der Waals surface area contributed by atoms with E-state index in [2.05, 4.69) is 39.9 Å². The Morgan fingerprint density at radius 1 is 1.00 bits per heavy atom. The number of tetrazole rings is 1. The van der Waals surface area contributed by atoms with Gasteiger partial charge in [-0.05, 0) is 89.8 Å². The molecule has 0 aliphatic rings. The lowest BCUT2D eigenvalue weighted by molar-refractivity contribution is 0.0954. The Bertz CT molecular complexity index is 1300. The zero-order valence-electron chi connectivity index (χ0n) is 18.7. The highest BCUT2D eigenvalue weighted by molar-refractivity contribution is 6.01. The van der Waals surface area contributed by atoms with Crippen LogP contribution in [0.15, 0.2) is 78.2 Å². The molecule has 4 aromatic rings. The fourth-order valence-electron chi connectivity index (χ4n) is 3.19. The van der Waals surface area contributed by atoms with Crippen LogP contribution in [0.2, 0.25) is 0 Å². The van der Waals surface area contributed by atoms with E-state index < -0.39 is 0 Å². The number of hydrogen-bond acceptors (Lipinski definition) is 6. The lowest BCUT2D eigenvalue weighted by Crippen LogP contribution is -2.19. The van der Waals surface area contributed by atoms with Gasteiger partial charge in [-0.2, -0.15) is 5.10 Å². The van der Waals surface area contributed by atoms with E-state index in [0.29, 0.717) is 17.9 Å². The molecule has 1 heterocycles. The van der Waals surface area contributed by atoms with E-state index in [1.54, 1.807) is 16.8 Å². The average molecular weight is 441 g/mol. The van der Waals surface area contributed by atoms with Crippen LogP contribution in [-0.4, -0.2) is 31.8 Å². The normalized spacial score (nSPS) is 11.3. The Kier molecular flexibility index (Phi) is 6.54. The summed E-state index contributed by atoms with van der Waals surface area (Å²) >= 11 is 0. The number of nitrogens with zero attached hydrogens (tertiary/aromatic N) is 5. The molecule has 4 rings (SSSR count). The predicted molar refractivity (Wildman–Crippen MR) is 126 cm³/mol. The number of carbonyl (C=O) groups is 1. The highest BCUT2D eigenvalue weighted by Crippen LogP contribution is 2.18. The largest absolute Gasteiger partial charge is 0.489 e. The van der Waals surface area contributed by atoms with Crippen LogP contribution in [0.1, 0.15) is 39.5 Å². The highest BCUT2D eigenvalue weighted by atomic mass is 16.5. The van der Waals surface area contributed by atoms with E-state index in [4.69, 9.17) is 4.74 Å². The van der Waals surface area contributed by atoms with Crippen LogP contribution in [0.25, 0.3) is 5.69 Å². The first-order valence-corrected chi connectivity index (χ1v) is 10.5. The number of carbonyl (C=O) groups excluding carboxylic acids is 1. The van der Waals surface area contributed by atoms with Gasteiger partial charge in [0.15, 0.2) is 0 Å². The van der Waals surface area contributed by atoms with Gasteiger partial charge in [-0.25, -0.2) is 10.1 Å². The molecule has 0 fully saturated rings. The van der Waals surface area contributed by atoms with E-state index in [0.717, 1.165) is 22.6 Å². The van der Waals surface area contributed by atoms with Crippen molar-refractivity contribution in [3.8, 4) is 11.4 Å². The maximum absolute atomic E-state index is 12.7. The quantitative estimate of drug-likeness (QED) is 0.346. The number of nitrogens with one attached hydrogen (secondary N) is 1. The van der Waals surface area contributed by atoms with Gasteiger partial charge in [-0.1, -0.05) is 30.3 Å². The SMILES string of the molecule is C/C(=N/NC(=O)c1cccc(COc2ccc(C)c(C)c2)c1)c1cccc(-n2cnnn2)c1. The van der Waals surface area contributed by atoms with Crippen molar-refractivity contribution in [3.05, 3.63) is 101 Å². The molecule has 8 nitrogen and oxygen atoms in total. The van der Waals surface area contributed by atoms with Crippen molar-refractivity contribution in [1.82, 2.24) is 25.6 Å². The number of benzene rings is 3. The Morgan fingerprint density at radius 2 is 1.82 bits per heavy atom. The second-order valence-corrected chi connectivity index (χ2v) is 7.68. The second-order valence-electron chi connectivity index (χ2n) is 7.68. The van der Waals surface area contributed by atoms with Crippen LogP contribution in [0.5, 0.6) is 5.75 Å². The van der Waals surface area contributed by atoms with Crippen molar-refractivity contribution in [1.29, 1.82) is 0 Å². The number of hydrazone groups is 1. The number of amides is 1. The Morgan fingerprint density at radius 3 is 2.61 bits per heavy atom. The molecule has 0 atom stereocenters. The molecule has 0 spiro atoms. The van der Waals surface area contributed by atoms with Gasteiger partial charge in [0.25, 0.3) is 5.91 Å². The molecule has 0 unspecified atom stereocenters. The fraction of sp³-hybridized carbons (Fsp3) is 0.160. The van der Waals surface area contributed by atoms with Crippen LogP contribution in [0, 0.1) is 13.8 Å². The molecule has 0 aliphatic carbocycles. The summed E-state index contributed by atoms with van der Waals surface area (Å²) in [7, 11) is 0. The average Bonchev–Trinajstić information content (AvgIpc) is 3.38. The van der Waals surface area contributed by atoms with E-state index in [-0.39, 0.29) is 5.91 Å². The van der Waals surface area contributed by atoms with Gasteiger partial charge < -0.3 is 4.74 Å². The van der Waals surface area contributed by atoms with Gasteiger partial charge in [0.2, 0.25) is 0 Å². The van der Waals surface area contributed by atoms with Crippen molar-refractivity contribution in [3.63, 3.8) is 0 Å². The summed E-state index contributed by atoms with van der Waals surface area (Å²) in [4.78, 5) is 12.7. The Balaban J connectivity index is 1.40. The monoisotopic (exact) mass is 440 g/mol. The third kappa shape index (κ3) is 5.48. The maximum atomic E-state index is 12.7. The van der Waals surface area contributed by atoms with E-state index in [1.165, 1.54) is 17.5 Å². The summed E-state index contributed by atoms with van der Waals surface area (Å²) in [5.74, 6) is 0.510. The second kappa shape index (κ2) is 9.86. The molecule has 0 bridgehead atoms. The fourth-order valence-corrected chi connectivity index (χ4v) is 3.19. The lowest BCUT2D eigenvalue weighted by atomic mass is 10.1.